The molecule has 0 atom stereocenters. The molecular formula is C12H15N3O5. The maximum absolute atomic E-state index is 12.0. The van der Waals surface area contributed by atoms with Crippen LogP contribution in [-0.4, -0.2) is 58.0 Å². The largest absolute Gasteiger partial charge is 0.477 e. The van der Waals surface area contributed by atoms with Gasteiger partial charge in [-0.2, -0.15) is 5.10 Å². The number of hydrogen-bond acceptors (Lipinski definition) is 5. The van der Waals surface area contributed by atoms with Gasteiger partial charge in [0.05, 0.1) is 18.9 Å². The number of hydrogen-bond donors (Lipinski definition) is 1. The van der Waals surface area contributed by atoms with Crippen molar-refractivity contribution in [2.45, 2.75) is 13.5 Å². The van der Waals surface area contributed by atoms with Gasteiger partial charge in [0.15, 0.2) is 0 Å². The van der Waals surface area contributed by atoms with Crippen molar-refractivity contribution in [3.05, 3.63) is 27.7 Å². The molecule has 108 valence electrons. The van der Waals surface area contributed by atoms with Crippen LogP contribution in [0.5, 0.6) is 0 Å². The van der Waals surface area contributed by atoms with Gasteiger partial charge >= 0.3 is 5.97 Å². The Bertz CT molecular complexity index is 589. The molecule has 1 saturated heterocycles. The van der Waals surface area contributed by atoms with Gasteiger partial charge in [0.2, 0.25) is 5.91 Å². The number of ether oxygens (including phenoxy) is 1. The summed E-state index contributed by atoms with van der Waals surface area (Å²) in [5, 5.41) is 12.9. The van der Waals surface area contributed by atoms with Crippen LogP contribution >= 0.6 is 0 Å². The Balaban J connectivity index is 2.22. The third-order valence-corrected chi connectivity index (χ3v) is 2.98. The van der Waals surface area contributed by atoms with E-state index in [9.17, 15) is 14.4 Å². The summed E-state index contributed by atoms with van der Waals surface area (Å²) in [6.45, 7) is 3.16. The van der Waals surface area contributed by atoms with Gasteiger partial charge in [-0.15, -0.1) is 0 Å². The molecule has 1 fully saturated rings. The summed E-state index contributed by atoms with van der Waals surface area (Å²) in [6.07, 6.45) is 0. The first kappa shape index (κ1) is 14.2. The summed E-state index contributed by atoms with van der Waals surface area (Å²) in [5.41, 5.74) is -0.784. The molecule has 1 amide bonds. The number of carboxylic acid groups (broad SMARTS) is 1. The van der Waals surface area contributed by atoms with E-state index < -0.39 is 11.5 Å². The number of carboxylic acids is 1. The number of aromatic carboxylic acids is 1. The van der Waals surface area contributed by atoms with Crippen molar-refractivity contribution in [1.29, 1.82) is 0 Å². The van der Waals surface area contributed by atoms with Gasteiger partial charge in [0.25, 0.3) is 5.56 Å². The van der Waals surface area contributed by atoms with Gasteiger partial charge < -0.3 is 14.7 Å². The Kier molecular flexibility index (Phi) is 4.14. The molecule has 1 aliphatic rings. The fourth-order valence-electron chi connectivity index (χ4n) is 1.98. The first-order valence-corrected chi connectivity index (χ1v) is 6.16. The van der Waals surface area contributed by atoms with E-state index in [1.165, 1.54) is 6.07 Å². The minimum atomic E-state index is -1.33. The lowest BCUT2D eigenvalue weighted by molar-refractivity contribution is -0.136. The number of amides is 1. The molecule has 0 aromatic carbocycles. The number of aromatic nitrogens is 2. The van der Waals surface area contributed by atoms with Crippen LogP contribution in [0.1, 0.15) is 16.1 Å². The van der Waals surface area contributed by atoms with Crippen LogP contribution in [0, 0.1) is 6.92 Å². The lowest BCUT2D eigenvalue weighted by atomic mass is 10.2. The van der Waals surface area contributed by atoms with E-state index in [2.05, 4.69) is 5.10 Å². The lowest BCUT2D eigenvalue weighted by Gasteiger charge is -2.26. The molecule has 8 nitrogen and oxygen atoms in total. The third kappa shape index (κ3) is 3.02. The van der Waals surface area contributed by atoms with Crippen molar-refractivity contribution in [2.24, 2.45) is 0 Å². The van der Waals surface area contributed by atoms with Crippen molar-refractivity contribution in [3.8, 4) is 0 Å². The number of morpholine rings is 1. The van der Waals surface area contributed by atoms with Crippen molar-refractivity contribution < 1.29 is 19.4 Å². The first-order chi connectivity index (χ1) is 9.49. The standard InChI is InChI=1S/C12H15N3O5/c1-8-6-9(12(18)19)11(17)15(13-8)7-10(16)14-2-4-20-5-3-14/h6H,2-5,7H2,1H3,(H,18,19). The molecule has 1 aromatic rings. The number of carbonyl (C=O) groups is 2. The summed E-state index contributed by atoms with van der Waals surface area (Å²) in [5.74, 6) is -1.60. The Morgan fingerprint density at radius 2 is 2.05 bits per heavy atom. The highest BCUT2D eigenvalue weighted by atomic mass is 16.5. The van der Waals surface area contributed by atoms with E-state index in [4.69, 9.17) is 9.84 Å². The number of nitrogens with zero attached hydrogens (tertiary/aromatic N) is 3. The molecule has 0 radical (unpaired) electrons. The molecule has 1 N–H and O–H groups in total. The predicted molar refractivity (Wildman–Crippen MR) is 67.6 cm³/mol. The topological polar surface area (TPSA) is 102 Å². The molecule has 2 heterocycles. The quantitative estimate of drug-likeness (QED) is 0.771. The van der Waals surface area contributed by atoms with E-state index in [1.54, 1.807) is 11.8 Å². The van der Waals surface area contributed by atoms with Gasteiger partial charge in [-0.05, 0) is 13.0 Å². The van der Waals surface area contributed by atoms with Gasteiger partial charge in [-0.3, -0.25) is 9.59 Å². The van der Waals surface area contributed by atoms with Crippen LogP contribution in [0.2, 0.25) is 0 Å². The van der Waals surface area contributed by atoms with Gasteiger partial charge in [-0.1, -0.05) is 0 Å². The molecule has 0 saturated carbocycles. The SMILES string of the molecule is Cc1cc(C(=O)O)c(=O)n(CC(=O)N2CCOCC2)n1. The second-order valence-electron chi connectivity index (χ2n) is 4.46. The zero-order valence-electron chi connectivity index (χ0n) is 11.0. The minimum Gasteiger partial charge on any atom is -0.477 e. The lowest BCUT2D eigenvalue weighted by Crippen LogP contribution is -2.44. The highest BCUT2D eigenvalue weighted by Crippen LogP contribution is 2.00. The summed E-state index contributed by atoms with van der Waals surface area (Å²) in [7, 11) is 0. The van der Waals surface area contributed by atoms with Crippen LogP contribution in [0.3, 0.4) is 0 Å². The van der Waals surface area contributed by atoms with Crippen LogP contribution in [0.15, 0.2) is 10.9 Å². The molecular weight excluding hydrogens is 266 g/mol. The summed E-state index contributed by atoms with van der Waals surface area (Å²) >= 11 is 0. The highest BCUT2D eigenvalue weighted by molar-refractivity contribution is 5.87. The third-order valence-electron chi connectivity index (χ3n) is 2.98. The molecule has 1 aliphatic heterocycles. The second-order valence-corrected chi connectivity index (χ2v) is 4.46. The number of aryl methyl sites for hydroxylation is 1. The Labute approximate surface area is 114 Å². The van der Waals surface area contributed by atoms with E-state index in [1.807, 2.05) is 0 Å². The van der Waals surface area contributed by atoms with E-state index in [0.29, 0.717) is 32.0 Å². The fraction of sp³-hybridized carbons (Fsp3) is 0.500. The molecule has 0 bridgehead atoms. The van der Waals surface area contributed by atoms with E-state index in [-0.39, 0.29) is 18.0 Å². The Morgan fingerprint density at radius 1 is 1.40 bits per heavy atom. The maximum atomic E-state index is 12.0. The molecule has 2 rings (SSSR count). The molecule has 0 spiro atoms. The first-order valence-electron chi connectivity index (χ1n) is 6.16. The van der Waals surface area contributed by atoms with Crippen LogP contribution in [0.4, 0.5) is 0 Å². The molecule has 0 aliphatic carbocycles. The van der Waals surface area contributed by atoms with Crippen molar-refractivity contribution >= 4 is 11.9 Å². The molecule has 1 aromatic heterocycles. The predicted octanol–water partition coefficient (Wildman–Crippen LogP) is -0.891. The minimum absolute atomic E-state index is 0.263. The van der Waals surface area contributed by atoms with Crippen molar-refractivity contribution in [1.82, 2.24) is 14.7 Å². The van der Waals surface area contributed by atoms with Crippen LogP contribution < -0.4 is 5.56 Å². The van der Waals surface area contributed by atoms with Crippen molar-refractivity contribution in [2.75, 3.05) is 26.3 Å². The highest BCUT2D eigenvalue weighted by Gasteiger charge is 2.20. The Morgan fingerprint density at radius 3 is 2.65 bits per heavy atom. The molecule has 8 heteroatoms. The Hall–Kier alpha value is -2.22. The smallest absolute Gasteiger partial charge is 0.341 e. The van der Waals surface area contributed by atoms with Gasteiger partial charge in [0.1, 0.15) is 12.1 Å². The number of rotatable bonds is 3. The fourth-order valence-corrected chi connectivity index (χ4v) is 1.98. The monoisotopic (exact) mass is 281 g/mol. The van der Waals surface area contributed by atoms with Crippen LogP contribution in [0.25, 0.3) is 0 Å². The number of carbonyl (C=O) groups excluding carboxylic acids is 1. The molecule has 20 heavy (non-hydrogen) atoms. The van der Waals surface area contributed by atoms with Gasteiger partial charge in [0, 0.05) is 13.1 Å². The van der Waals surface area contributed by atoms with Crippen molar-refractivity contribution in [3.63, 3.8) is 0 Å². The zero-order valence-corrected chi connectivity index (χ0v) is 11.0. The normalized spacial score (nSPS) is 15.2. The average molecular weight is 281 g/mol. The van der Waals surface area contributed by atoms with Gasteiger partial charge in [-0.25, -0.2) is 9.48 Å². The molecule has 0 unspecified atom stereocenters. The van der Waals surface area contributed by atoms with E-state index in [0.717, 1.165) is 4.68 Å². The summed E-state index contributed by atoms with van der Waals surface area (Å²) < 4.78 is 6.04. The second kappa shape index (κ2) is 5.83. The summed E-state index contributed by atoms with van der Waals surface area (Å²) in [6, 6.07) is 1.19. The summed E-state index contributed by atoms with van der Waals surface area (Å²) in [4.78, 5) is 36.5. The van der Waals surface area contributed by atoms with Crippen LogP contribution in [-0.2, 0) is 16.1 Å². The zero-order chi connectivity index (χ0) is 14.7. The average Bonchev–Trinajstić information content (AvgIpc) is 2.43. The van der Waals surface area contributed by atoms with E-state index >= 15 is 0 Å². The maximum Gasteiger partial charge on any atom is 0.341 e.